The Morgan fingerprint density at radius 2 is 2.12 bits per heavy atom. The molecule has 0 amide bonds. The van der Waals surface area contributed by atoms with E-state index in [1.54, 1.807) is 24.3 Å². The van der Waals surface area contributed by atoms with Gasteiger partial charge in [0.05, 0.1) is 17.9 Å². The molecule has 78 valence electrons. The Morgan fingerprint density at radius 3 is 2.75 bits per heavy atom. The zero-order valence-electron chi connectivity index (χ0n) is 8.18. The molecule has 0 spiro atoms. The van der Waals surface area contributed by atoms with Gasteiger partial charge in [-0.05, 0) is 23.8 Å². The second kappa shape index (κ2) is 3.91. The van der Waals surface area contributed by atoms with Gasteiger partial charge in [-0.25, -0.2) is 4.79 Å². The molecule has 4 heteroatoms. The summed E-state index contributed by atoms with van der Waals surface area (Å²) in [7, 11) is 0. The summed E-state index contributed by atoms with van der Waals surface area (Å²) in [4.78, 5) is 10.6. The summed E-state index contributed by atoms with van der Waals surface area (Å²) >= 11 is 0. The van der Waals surface area contributed by atoms with Crippen molar-refractivity contribution in [3.63, 3.8) is 0 Å². The highest BCUT2D eigenvalue weighted by Gasteiger charge is 2.10. The van der Waals surface area contributed by atoms with Crippen LogP contribution in [0.5, 0.6) is 0 Å². The molecule has 2 rings (SSSR count). The molecule has 0 fully saturated rings. The van der Waals surface area contributed by atoms with E-state index in [1.807, 2.05) is 6.07 Å². The average molecular weight is 213 g/mol. The fourth-order valence-electron chi connectivity index (χ4n) is 1.37. The topological polar surface area (TPSA) is 74.2 Å². The van der Waals surface area contributed by atoms with Gasteiger partial charge in [0, 0.05) is 5.56 Å². The van der Waals surface area contributed by atoms with Crippen LogP contribution in [0.2, 0.25) is 0 Å². The number of hydrogen-bond acceptors (Lipinski definition) is 3. The second-order valence-electron chi connectivity index (χ2n) is 3.20. The van der Waals surface area contributed by atoms with Gasteiger partial charge in [-0.1, -0.05) is 12.1 Å². The van der Waals surface area contributed by atoms with E-state index >= 15 is 0 Å². The second-order valence-corrected chi connectivity index (χ2v) is 3.20. The summed E-state index contributed by atoms with van der Waals surface area (Å²) in [5.74, 6) is -1.22. The Bertz CT molecular complexity index is 578. The molecule has 0 bridgehead atoms. The number of aromatic carboxylic acids is 1. The number of nitrogens with zero attached hydrogens (tertiary/aromatic N) is 1. The van der Waals surface area contributed by atoms with Crippen molar-refractivity contribution in [3.05, 3.63) is 47.9 Å². The zero-order chi connectivity index (χ0) is 11.5. The van der Waals surface area contributed by atoms with Crippen LogP contribution in [0.25, 0.3) is 11.1 Å². The quantitative estimate of drug-likeness (QED) is 0.831. The molecular weight excluding hydrogens is 206 g/mol. The third-order valence-corrected chi connectivity index (χ3v) is 2.14. The first-order valence-corrected chi connectivity index (χ1v) is 4.53. The first-order chi connectivity index (χ1) is 7.70. The van der Waals surface area contributed by atoms with E-state index in [4.69, 9.17) is 14.8 Å². The number of benzene rings is 1. The van der Waals surface area contributed by atoms with Gasteiger partial charge in [-0.3, -0.25) is 0 Å². The van der Waals surface area contributed by atoms with Crippen molar-refractivity contribution in [2.75, 3.05) is 0 Å². The van der Waals surface area contributed by atoms with Crippen LogP contribution in [0, 0.1) is 11.3 Å². The van der Waals surface area contributed by atoms with Crippen LogP contribution in [0.1, 0.15) is 16.1 Å². The smallest absolute Gasteiger partial charge is 0.371 e. The lowest BCUT2D eigenvalue weighted by Gasteiger charge is -1.95. The lowest BCUT2D eigenvalue weighted by molar-refractivity contribution is 0.0662. The van der Waals surface area contributed by atoms with Gasteiger partial charge in [0.1, 0.15) is 0 Å². The van der Waals surface area contributed by atoms with Gasteiger partial charge in [-0.15, -0.1) is 0 Å². The molecule has 0 atom stereocenters. The predicted octanol–water partition coefficient (Wildman–Crippen LogP) is 2.52. The zero-order valence-corrected chi connectivity index (χ0v) is 8.18. The Balaban J connectivity index is 2.43. The van der Waals surface area contributed by atoms with Gasteiger partial charge in [0.25, 0.3) is 0 Å². The number of rotatable bonds is 2. The summed E-state index contributed by atoms with van der Waals surface area (Å²) in [5, 5.41) is 17.4. The minimum absolute atomic E-state index is 0.114. The molecule has 0 saturated carbocycles. The van der Waals surface area contributed by atoms with Crippen molar-refractivity contribution >= 4 is 5.97 Å². The fraction of sp³-hybridized carbons (Fsp3) is 0. The number of hydrogen-bond donors (Lipinski definition) is 1. The molecule has 0 unspecified atom stereocenters. The third kappa shape index (κ3) is 1.79. The van der Waals surface area contributed by atoms with Gasteiger partial charge < -0.3 is 9.52 Å². The van der Waals surface area contributed by atoms with E-state index < -0.39 is 5.97 Å². The molecule has 0 aliphatic heterocycles. The van der Waals surface area contributed by atoms with E-state index in [0.717, 1.165) is 5.56 Å². The van der Waals surface area contributed by atoms with Crippen molar-refractivity contribution in [1.82, 2.24) is 0 Å². The molecule has 16 heavy (non-hydrogen) atoms. The highest BCUT2D eigenvalue weighted by Crippen LogP contribution is 2.22. The van der Waals surface area contributed by atoms with E-state index in [1.165, 1.54) is 12.3 Å². The van der Waals surface area contributed by atoms with Crippen molar-refractivity contribution in [3.8, 4) is 17.2 Å². The van der Waals surface area contributed by atoms with Gasteiger partial charge in [0.2, 0.25) is 5.76 Å². The molecule has 1 N–H and O–H groups in total. The fourth-order valence-corrected chi connectivity index (χ4v) is 1.37. The summed E-state index contributed by atoms with van der Waals surface area (Å²) in [6.45, 7) is 0. The molecule has 1 aromatic carbocycles. The van der Waals surface area contributed by atoms with Crippen LogP contribution >= 0.6 is 0 Å². The summed E-state index contributed by atoms with van der Waals surface area (Å²) in [6, 6.07) is 10.3. The largest absolute Gasteiger partial charge is 0.475 e. The Hall–Kier alpha value is -2.54. The average Bonchev–Trinajstić information content (AvgIpc) is 2.78. The van der Waals surface area contributed by atoms with Gasteiger partial charge in [0.15, 0.2) is 0 Å². The number of carboxylic acid groups (broad SMARTS) is 1. The Morgan fingerprint density at radius 1 is 1.31 bits per heavy atom. The van der Waals surface area contributed by atoms with Crippen LogP contribution < -0.4 is 0 Å². The number of carboxylic acids is 1. The van der Waals surface area contributed by atoms with E-state index in [2.05, 4.69) is 0 Å². The Kier molecular flexibility index (Phi) is 2.44. The van der Waals surface area contributed by atoms with Crippen molar-refractivity contribution < 1.29 is 14.3 Å². The van der Waals surface area contributed by atoms with Crippen LogP contribution in [0.15, 0.2) is 41.0 Å². The SMILES string of the molecule is N#Cc1cccc(-c2coc(C(=O)O)c2)c1. The van der Waals surface area contributed by atoms with Crippen LogP contribution in [0.4, 0.5) is 0 Å². The highest BCUT2D eigenvalue weighted by molar-refractivity contribution is 5.86. The molecule has 0 radical (unpaired) electrons. The van der Waals surface area contributed by atoms with Gasteiger partial charge in [-0.2, -0.15) is 5.26 Å². The van der Waals surface area contributed by atoms with Crippen LogP contribution in [0.3, 0.4) is 0 Å². The standard InChI is InChI=1S/C12H7NO3/c13-6-8-2-1-3-9(4-8)10-5-11(12(14)15)16-7-10/h1-5,7H,(H,14,15). The number of furan rings is 1. The number of carbonyl (C=O) groups is 1. The summed E-state index contributed by atoms with van der Waals surface area (Å²) in [5.41, 5.74) is 1.93. The molecule has 0 saturated heterocycles. The number of nitriles is 1. The van der Waals surface area contributed by atoms with Crippen molar-refractivity contribution in [1.29, 1.82) is 5.26 Å². The normalized spacial score (nSPS) is 9.69. The molecular formula is C12H7NO3. The maximum absolute atomic E-state index is 10.6. The van der Waals surface area contributed by atoms with E-state index in [9.17, 15) is 4.79 Å². The van der Waals surface area contributed by atoms with Crippen molar-refractivity contribution in [2.24, 2.45) is 0 Å². The molecule has 4 nitrogen and oxygen atoms in total. The Labute approximate surface area is 91.4 Å². The predicted molar refractivity (Wildman–Crippen MR) is 55.8 cm³/mol. The maximum Gasteiger partial charge on any atom is 0.371 e. The maximum atomic E-state index is 10.6. The monoisotopic (exact) mass is 213 g/mol. The molecule has 2 aromatic rings. The van der Waals surface area contributed by atoms with E-state index in [0.29, 0.717) is 11.1 Å². The molecule has 1 heterocycles. The molecule has 0 aliphatic carbocycles. The molecule has 0 aliphatic rings. The van der Waals surface area contributed by atoms with Gasteiger partial charge >= 0.3 is 5.97 Å². The first-order valence-electron chi connectivity index (χ1n) is 4.53. The summed E-state index contributed by atoms with van der Waals surface area (Å²) in [6.07, 6.45) is 1.36. The van der Waals surface area contributed by atoms with Crippen LogP contribution in [-0.2, 0) is 0 Å². The summed E-state index contributed by atoms with van der Waals surface area (Å²) < 4.78 is 4.87. The van der Waals surface area contributed by atoms with Crippen molar-refractivity contribution in [2.45, 2.75) is 0 Å². The van der Waals surface area contributed by atoms with E-state index in [-0.39, 0.29) is 5.76 Å². The van der Waals surface area contributed by atoms with Crippen LogP contribution in [-0.4, -0.2) is 11.1 Å². The minimum atomic E-state index is -1.11. The minimum Gasteiger partial charge on any atom is -0.475 e. The first kappa shape index (κ1) is 9.99. The molecule has 1 aromatic heterocycles. The lowest BCUT2D eigenvalue weighted by atomic mass is 10.1. The highest BCUT2D eigenvalue weighted by atomic mass is 16.4. The third-order valence-electron chi connectivity index (χ3n) is 2.14. The lowest BCUT2D eigenvalue weighted by Crippen LogP contribution is -1.91.